The predicted octanol–water partition coefficient (Wildman–Crippen LogP) is 3.91. The second kappa shape index (κ2) is 8.52. The van der Waals surface area contributed by atoms with Crippen LogP contribution in [0.1, 0.15) is 24.5 Å². The zero-order valence-electron chi connectivity index (χ0n) is 13.8. The zero-order chi connectivity index (χ0) is 18.2. The van der Waals surface area contributed by atoms with Crippen LogP contribution in [0.5, 0.6) is 11.5 Å². The molecule has 0 bridgehead atoms. The van der Waals surface area contributed by atoms with E-state index in [0.717, 1.165) is 5.56 Å². The minimum atomic E-state index is -0.894. The van der Waals surface area contributed by atoms with E-state index in [1.165, 1.54) is 0 Å². The summed E-state index contributed by atoms with van der Waals surface area (Å²) >= 11 is 0. The Balaban J connectivity index is 2.11. The van der Waals surface area contributed by atoms with E-state index < -0.39 is 12.1 Å². The van der Waals surface area contributed by atoms with Crippen LogP contribution in [-0.2, 0) is 0 Å². The highest BCUT2D eigenvalue weighted by atomic mass is 16.5. The van der Waals surface area contributed by atoms with Crippen LogP contribution in [0.15, 0.2) is 54.6 Å². The monoisotopic (exact) mass is 337 g/mol. The van der Waals surface area contributed by atoms with Crippen molar-refractivity contribution in [2.45, 2.75) is 19.4 Å². The summed E-state index contributed by atoms with van der Waals surface area (Å²) in [5, 5.41) is 18.9. The van der Waals surface area contributed by atoms with E-state index in [1.807, 2.05) is 31.2 Å². The molecule has 0 aliphatic heterocycles. The van der Waals surface area contributed by atoms with Crippen molar-refractivity contribution in [3.05, 3.63) is 65.7 Å². The molecule has 0 aliphatic rings. The molecule has 2 aromatic carbocycles. The van der Waals surface area contributed by atoms with Gasteiger partial charge in [-0.2, -0.15) is 10.3 Å². The molecular formula is C19H19N3O3. The first kappa shape index (κ1) is 18.0. The lowest BCUT2D eigenvalue weighted by Crippen LogP contribution is -2.39. The Hall–Kier alpha value is -3.30. The third-order valence-corrected chi connectivity index (χ3v) is 3.55. The van der Waals surface area contributed by atoms with Gasteiger partial charge < -0.3 is 10.5 Å². The van der Waals surface area contributed by atoms with E-state index in [9.17, 15) is 10.0 Å². The minimum absolute atomic E-state index is 0.499. The summed E-state index contributed by atoms with van der Waals surface area (Å²) in [6.07, 6.45) is 4.01. The van der Waals surface area contributed by atoms with Gasteiger partial charge in [-0.15, -0.1) is 0 Å². The minimum Gasteiger partial charge on any atom is -0.457 e. The second-order valence-corrected chi connectivity index (χ2v) is 5.33. The third kappa shape index (κ3) is 5.09. The Morgan fingerprint density at radius 2 is 2.04 bits per heavy atom. The number of hydrogen-bond acceptors (Lipinski definition) is 4. The van der Waals surface area contributed by atoms with Crippen LogP contribution in [0.2, 0.25) is 0 Å². The molecule has 0 heterocycles. The summed E-state index contributed by atoms with van der Waals surface area (Å²) in [5.74, 6) is 1.26. The molecular weight excluding hydrogens is 318 g/mol. The van der Waals surface area contributed by atoms with E-state index >= 15 is 0 Å². The Bertz CT molecular complexity index is 794. The van der Waals surface area contributed by atoms with Gasteiger partial charge in [-0.3, -0.25) is 5.21 Å². The van der Waals surface area contributed by atoms with Gasteiger partial charge in [0.05, 0.1) is 17.7 Å². The number of nitriles is 1. The van der Waals surface area contributed by atoms with Gasteiger partial charge >= 0.3 is 6.03 Å². The third-order valence-electron chi connectivity index (χ3n) is 3.55. The van der Waals surface area contributed by atoms with Crippen LogP contribution in [0.25, 0.3) is 6.08 Å². The molecule has 2 rings (SSSR count). The number of urea groups is 1. The number of benzene rings is 2. The lowest BCUT2D eigenvalue weighted by atomic mass is 10.1. The SMILES string of the molecule is CC[C@@H](C=Cc1cccc(Oc2ccc(C#N)cc2)c1)N(O)C(N)=O. The quantitative estimate of drug-likeness (QED) is 0.616. The molecule has 0 aromatic heterocycles. The van der Waals surface area contributed by atoms with Crippen LogP contribution in [-0.4, -0.2) is 22.3 Å². The molecule has 128 valence electrons. The normalized spacial score (nSPS) is 11.7. The number of nitrogens with zero attached hydrogens (tertiary/aromatic N) is 2. The second-order valence-electron chi connectivity index (χ2n) is 5.33. The Morgan fingerprint density at radius 1 is 1.32 bits per heavy atom. The summed E-state index contributed by atoms with van der Waals surface area (Å²) in [4.78, 5) is 11.0. The standard InChI is InChI=1S/C19H19N3O3/c1-2-16(22(24)19(21)23)9-6-14-4-3-5-18(12-14)25-17-10-7-15(13-20)8-11-17/h3-12,16,24H,2H2,1H3,(H2,21,23)/t16-/m0/s1. The highest BCUT2D eigenvalue weighted by Crippen LogP contribution is 2.23. The van der Waals surface area contributed by atoms with Crippen LogP contribution in [0.3, 0.4) is 0 Å². The number of carbonyl (C=O) groups excluding carboxylic acids is 1. The number of carbonyl (C=O) groups is 1. The number of nitrogens with two attached hydrogens (primary N) is 1. The van der Waals surface area contributed by atoms with Crippen molar-refractivity contribution in [2.24, 2.45) is 5.73 Å². The average molecular weight is 337 g/mol. The number of amides is 2. The highest BCUT2D eigenvalue weighted by Gasteiger charge is 2.14. The van der Waals surface area contributed by atoms with Crippen LogP contribution in [0, 0.1) is 11.3 Å². The van der Waals surface area contributed by atoms with Gasteiger partial charge in [-0.05, 0) is 48.4 Å². The molecule has 0 spiro atoms. The van der Waals surface area contributed by atoms with Crippen molar-refractivity contribution >= 4 is 12.1 Å². The number of ether oxygens (including phenoxy) is 1. The smallest absolute Gasteiger partial charge is 0.339 e. The van der Waals surface area contributed by atoms with Crippen molar-refractivity contribution in [1.82, 2.24) is 5.06 Å². The maximum absolute atomic E-state index is 11.0. The van der Waals surface area contributed by atoms with Gasteiger partial charge in [0.25, 0.3) is 0 Å². The molecule has 0 aliphatic carbocycles. The van der Waals surface area contributed by atoms with E-state index in [-0.39, 0.29) is 0 Å². The zero-order valence-corrected chi connectivity index (χ0v) is 13.8. The summed E-state index contributed by atoms with van der Waals surface area (Å²) in [6, 6.07) is 14.8. The molecule has 0 radical (unpaired) electrons. The van der Waals surface area contributed by atoms with Gasteiger partial charge in [0.1, 0.15) is 11.5 Å². The largest absolute Gasteiger partial charge is 0.457 e. The van der Waals surface area contributed by atoms with E-state index in [2.05, 4.69) is 6.07 Å². The average Bonchev–Trinajstić information content (AvgIpc) is 2.63. The number of rotatable bonds is 6. The Morgan fingerprint density at radius 3 is 2.64 bits per heavy atom. The molecule has 6 nitrogen and oxygen atoms in total. The van der Waals surface area contributed by atoms with Gasteiger partial charge in [0.2, 0.25) is 0 Å². The summed E-state index contributed by atoms with van der Waals surface area (Å²) in [6.45, 7) is 1.84. The Kier molecular flexibility index (Phi) is 6.15. The molecule has 0 saturated carbocycles. The molecule has 6 heteroatoms. The molecule has 2 amide bonds. The predicted molar refractivity (Wildman–Crippen MR) is 94.0 cm³/mol. The van der Waals surface area contributed by atoms with E-state index in [0.29, 0.717) is 28.5 Å². The van der Waals surface area contributed by atoms with E-state index in [4.69, 9.17) is 15.7 Å². The van der Waals surface area contributed by atoms with Crippen molar-refractivity contribution in [3.8, 4) is 17.6 Å². The van der Waals surface area contributed by atoms with Crippen LogP contribution in [0.4, 0.5) is 4.79 Å². The molecule has 0 saturated heterocycles. The number of hydroxylamine groups is 2. The molecule has 25 heavy (non-hydrogen) atoms. The maximum Gasteiger partial charge on any atom is 0.339 e. The number of hydrogen-bond donors (Lipinski definition) is 2. The summed E-state index contributed by atoms with van der Waals surface area (Å²) < 4.78 is 5.76. The molecule has 2 aromatic rings. The van der Waals surface area contributed by atoms with Crippen molar-refractivity contribution in [1.29, 1.82) is 5.26 Å². The van der Waals surface area contributed by atoms with Gasteiger partial charge in [0, 0.05) is 0 Å². The topological polar surface area (TPSA) is 99.6 Å². The fraction of sp³-hybridized carbons (Fsp3) is 0.158. The number of primary amides is 1. The van der Waals surface area contributed by atoms with Gasteiger partial charge in [-0.1, -0.05) is 31.2 Å². The lowest BCUT2D eigenvalue weighted by Gasteiger charge is -2.19. The van der Waals surface area contributed by atoms with Gasteiger partial charge in [-0.25, -0.2) is 4.79 Å². The first-order valence-corrected chi connectivity index (χ1v) is 7.77. The lowest BCUT2D eigenvalue weighted by molar-refractivity contribution is -0.0616. The molecule has 3 N–H and O–H groups in total. The van der Waals surface area contributed by atoms with Crippen molar-refractivity contribution in [2.75, 3.05) is 0 Å². The maximum atomic E-state index is 11.0. The van der Waals surface area contributed by atoms with Crippen LogP contribution >= 0.6 is 0 Å². The van der Waals surface area contributed by atoms with Crippen molar-refractivity contribution < 1.29 is 14.7 Å². The highest BCUT2D eigenvalue weighted by molar-refractivity contribution is 5.71. The molecule has 0 unspecified atom stereocenters. The summed E-state index contributed by atoms with van der Waals surface area (Å²) in [7, 11) is 0. The van der Waals surface area contributed by atoms with E-state index in [1.54, 1.807) is 36.4 Å². The van der Waals surface area contributed by atoms with Crippen molar-refractivity contribution in [3.63, 3.8) is 0 Å². The molecule has 0 fully saturated rings. The Labute approximate surface area is 146 Å². The fourth-order valence-electron chi connectivity index (χ4n) is 2.19. The first-order chi connectivity index (χ1) is 12.0. The first-order valence-electron chi connectivity index (χ1n) is 7.77. The fourth-order valence-corrected chi connectivity index (χ4v) is 2.19. The molecule has 1 atom stereocenters. The van der Waals surface area contributed by atoms with Gasteiger partial charge in [0.15, 0.2) is 0 Å². The van der Waals surface area contributed by atoms with Crippen LogP contribution < -0.4 is 10.5 Å². The summed E-state index contributed by atoms with van der Waals surface area (Å²) in [5.41, 5.74) is 6.49.